The average molecular weight is 400 g/mol. The first kappa shape index (κ1) is 18.6. The van der Waals surface area contributed by atoms with Crippen LogP contribution in [0.5, 0.6) is 11.5 Å². The first-order valence-corrected chi connectivity index (χ1v) is 10.0. The van der Waals surface area contributed by atoms with Gasteiger partial charge in [-0.3, -0.25) is 0 Å². The number of hydrogen-bond acceptors (Lipinski definition) is 6. The van der Waals surface area contributed by atoms with Gasteiger partial charge in [0.2, 0.25) is 0 Å². The number of benzene rings is 2. The van der Waals surface area contributed by atoms with E-state index in [0.717, 1.165) is 46.6 Å². The van der Waals surface area contributed by atoms with E-state index in [4.69, 9.17) is 15.6 Å². The molecule has 0 saturated heterocycles. The Balaban J connectivity index is 1.51. The summed E-state index contributed by atoms with van der Waals surface area (Å²) >= 11 is 0. The van der Waals surface area contributed by atoms with Gasteiger partial charge >= 0.3 is 0 Å². The van der Waals surface area contributed by atoms with Gasteiger partial charge in [-0.05, 0) is 62.1 Å². The van der Waals surface area contributed by atoms with Gasteiger partial charge in [-0.1, -0.05) is 18.2 Å². The lowest BCUT2D eigenvalue weighted by molar-refractivity contribution is 0.154. The molecule has 1 radical (unpaired) electrons. The molecule has 0 bridgehead atoms. The zero-order valence-electron chi connectivity index (χ0n) is 16.3. The third kappa shape index (κ3) is 3.48. The quantitative estimate of drug-likeness (QED) is 0.534. The molecular weight excluding hydrogens is 378 g/mol. The van der Waals surface area contributed by atoms with E-state index in [1.165, 1.54) is 6.33 Å². The van der Waals surface area contributed by atoms with Gasteiger partial charge in [0.15, 0.2) is 5.65 Å². The van der Waals surface area contributed by atoms with Crippen molar-refractivity contribution in [3.63, 3.8) is 0 Å². The van der Waals surface area contributed by atoms with Crippen LogP contribution in [0.15, 0.2) is 60.9 Å². The maximum absolute atomic E-state index is 9.80. The molecule has 151 valence electrons. The fourth-order valence-electron chi connectivity index (χ4n) is 3.89. The van der Waals surface area contributed by atoms with Crippen LogP contribution >= 0.6 is 0 Å². The van der Waals surface area contributed by atoms with Crippen LogP contribution in [0, 0.1) is 6.42 Å². The number of ether oxygens (including phenoxy) is 1. The Morgan fingerprint density at radius 3 is 2.47 bits per heavy atom. The number of nitrogen functional groups attached to an aromatic ring is 1. The molecule has 1 aliphatic rings. The summed E-state index contributed by atoms with van der Waals surface area (Å²) in [4.78, 5) is 8.64. The molecular formula is C23H22N5O2. The predicted molar refractivity (Wildman–Crippen MR) is 115 cm³/mol. The molecule has 0 amide bonds. The van der Waals surface area contributed by atoms with Crippen molar-refractivity contribution < 1.29 is 9.84 Å². The van der Waals surface area contributed by atoms with Crippen molar-refractivity contribution in [1.29, 1.82) is 0 Å². The van der Waals surface area contributed by atoms with Crippen molar-refractivity contribution >= 4 is 16.9 Å². The van der Waals surface area contributed by atoms with E-state index in [2.05, 4.69) is 9.97 Å². The van der Waals surface area contributed by atoms with E-state index in [-0.39, 0.29) is 12.1 Å². The molecule has 2 aromatic heterocycles. The summed E-state index contributed by atoms with van der Waals surface area (Å²) in [6.45, 7) is 0. The summed E-state index contributed by atoms with van der Waals surface area (Å²) in [7, 11) is 0. The maximum Gasteiger partial charge on any atom is 0.164 e. The summed E-state index contributed by atoms with van der Waals surface area (Å²) in [5.74, 6) is 1.94. The largest absolute Gasteiger partial charge is 0.457 e. The molecule has 1 aliphatic carbocycles. The van der Waals surface area contributed by atoms with Crippen LogP contribution in [-0.4, -0.2) is 31.0 Å². The highest BCUT2D eigenvalue weighted by atomic mass is 16.5. The van der Waals surface area contributed by atoms with E-state index < -0.39 is 0 Å². The number of aliphatic hydroxyl groups excluding tert-OH is 1. The minimum Gasteiger partial charge on any atom is -0.457 e. The minimum atomic E-state index is -0.348. The summed E-state index contributed by atoms with van der Waals surface area (Å²) in [6, 6.07) is 17.6. The molecule has 4 aromatic rings. The molecule has 2 heterocycles. The van der Waals surface area contributed by atoms with Crippen LogP contribution in [0.2, 0.25) is 0 Å². The number of anilines is 1. The first-order chi connectivity index (χ1) is 14.7. The van der Waals surface area contributed by atoms with Gasteiger partial charge in [-0.15, -0.1) is 0 Å². The van der Waals surface area contributed by atoms with Crippen molar-refractivity contribution in [3.05, 3.63) is 67.3 Å². The van der Waals surface area contributed by atoms with E-state index >= 15 is 0 Å². The fraction of sp³-hybridized carbons (Fsp3) is 0.217. The standard InChI is InChI=1S/C23H22N5O2/c24-22-20-21(15-6-12-19(13-7-15)30-18-4-2-1-3-5-18)27-28(23(20)26-14-25-22)16-8-10-17(29)11-9-16/h1-7,10,12-14,16-17,29H,8-9,11H2,(H2,24,25,26). The Morgan fingerprint density at radius 2 is 1.73 bits per heavy atom. The highest BCUT2D eigenvalue weighted by Gasteiger charge is 2.26. The first-order valence-electron chi connectivity index (χ1n) is 10.0. The zero-order chi connectivity index (χ0) is 20.5. The number of nitrogens with two attached hydrogens (primary N) is 1. The third-order valence-corrected chi connectivity index (χ3v) is 5.45. The lowest BCUT2D eigenvalue weighted by atomic mass is 9.93. The van der Waals surface area contributed by atoms with E-state index in [1.54, 1.807) is 0 Å². The molecule has 1 fully saturated rings. The highest BCUT2D eigenvalue weighted by molar-refractivity contribution is 5.98. The van der Waals surface area contributed by atoms with E-state index in [9.17, 15) is 5.11 Å². The normalized spacial score (nSPS) is 19.1. The van der Waals surface area contributed by atoms with Crippen LogP contribution in [-0.2, 0) is 0 Å². The number of hydrogen-bond donors (Lipinski definition) is 2. The van der Waals surface area contributed by atoms with Crippen LogP contribution in [0.25, 0.3) is 22.3 Å². The van der Waals surface area contributed by atoms with Crippen molar-refractivity contribution in [2.45, 2.75) is 31.4 Å². The van der Waals surface area contributed by atoms with Gasteiger partial charge in [-0.2, -0.15) is 5.10 Å². The molecule has 2 atom stereocenters. The number of para-hydroxylation sites is 1. The van der Waals surface area contributed by atoms with Crippen LogP contribution in [0.3, 0.4) is 0 Å². The topological polar surface area (TPSA) is 99.1 Å². The van der Waals surface area contributed by atoms with Crippen molar-refractivity contribution in [1.82, 2.24) is 19.7 Å². The second-order valence-corrected chi connectivity index (χ2v) is 7.46. The minimum absolute atomic E-state index is 0.139. The molecule has 1 saturated carbocycles. The van der Waals surface area contributed by atoms with Gasteiger partial charge in [-0.25, -0.2) is 14.6 Å². The maximum atomic E-state index is 9.80. The highest BCUT2D eigenvalue weighted by Crippen LogP contribution is 2.36. The van der Waals surface area contributed by atoms with Gasteiger partial charge in [0, 0.05) is 5.56 Å². The predicted octanol–water partition coefficient (Wildman–Crippen LogP) is 4.16. The van der Waals surface area contributed by atoms with E-state index in [0.29, 0.717) is 12.2 Å². The summed E-state index contributed by atoms with van der Waals surface area (Å²) in [6.07, 6.45) is 5.35. The van der Waals surface area contributed by atoms with Crippen molar-refractivity contribution in [2.75, 3.05) is 5.73 Å². The van der Waals surface area contributed by atoms with E-state index in [1.807, 2.05) is 65.7 Å². The Labute approximate surface area is 174 Å². The molecule has 0 spiro atoms. The summed E-state index contributed by atoms with van der Waals surface area (Å²) < 4.78 is 7.82. The Bertz CT molecular complexity index is 1150. The average Bonchev–Trinajstić information content (AvgIpc) is 3.17. The molecule has 5 rings (SSSR count). The monoisotopic (exact) mass is 400 g/mol. The van der Waals surface area contributed by atoms with Gasteiger partial charge in [0.05, 0.1) is 17.5 Å². The molecule has 0 aliphatic heterocycles. The number of nitrogens with zero attached hydrogens (tertiary/aromatic N) is 4. The SMILES string of the molecule is Nc1ncnc2c1c(-c1ccc(Oc3ccccc3)cc1)nn2C1C[CH]C(O)CC1. The number of fused-ring (bicyclic) bond motifs is 1. The Morgan fingerprint density at radius 1 is 0.967 bits per heavy atom. The lowest BCUT2D eigenvalue weighted by Crippen LogP contribution is -2.22. The zero-order valence-corrected chi connectivity index (χ0v) is 16.3. The van der Waals surface area contributed by atoms with Crippen LogP contribution < -0.4 is 10.5 Å². The fourth-order valence-corrected chi connectivity index (χ4v) is 3.89. The number of rotatable bonds is 4. The summed E-state index contributed by atoms with van der Waals surface area (Å²) in [5, 5.41) is 15.4. The van der Waals surface area contributed by atoms with Crippen molar-refractivity contribution in [2.24, 2.45) is 0 Å². The van der Waals surface area contributed by atoms with Crippen molar-refractivity contribution in [3.8, 4) is 22.8 Å². The second-order valence-electron chi connectivity index (χ2n) is 7.46. The Kier molecular flexibility index (Phi) is 4.80. The number of aromatic nitrogens is 4. The third-order valence-electron chi connectivity index (χ3n) is 5.45. The molecule has 3 N–H and O–H groups in total. The molecule has 2 unspecified atom stereocenters. The van der Waals surface area contributed by atoms with Gasteiger partial charge < -0.3 is 15.6 Å². The van der Waals surface area contributed by atoms with Crippen LogP contribution in [0.1, 0.15) is 25.3 Å². The smallest absolute Gasteiger partial charge is 0.164 e. The lowest BCUT2D eigenvalue weighted by Gasteiger charge is -2.25. The second kappa shape index (κ2) is 7.76. The molecule has 7 nitrogen and oxygen atoms in total. The molecule has 7 heteroatoms. The van der Waals surface area contributed by atoms with Gasteiger partial charge in [0.25, 0.3) is 0 Å². The van der Waals surface area contributed by atoms with Gasteiger partial charge in [0.1, 0.15) is 29.3 Å². The van der Waals surface area contributed by atoms with Crippen LogP contribution in [0.4, 0.5) is 5.82 Å². The Hall–Kier alpha value is -3.45. The summed E-state index contributed by atoms with van der Waals surface area (Å²) in [5.41, 5.74) is 8.60. The molecule has 30 heavy (non-hydrogen) atoms. The number of aliphatic hydroxyl groups is 1. The molecule has 2 aromatic carbocycles.